The molecule has 1 nitrogen and oxygen atoms in total. The molecule has 0 amide bonds. The fourth-order valence-electron chi connectivity index (χ4n) is 2.33. The summed E-state index contributed by atoms with van der Waals surface area (Å²) >= 11 is 0. The summed E-state index contributed by atoms with van der Waals surface area (Å²) in [6, 6.07) is 0. The Morgan fingerprint density at radius 1 is 1.27 bits per heavy atom. The molecule has 2 aliphatic rings. The molecule has 0 aromatic carbocycles. The van der Waals surface area contributed by atoms with E-state index < -0.39 is 0 Å². The van der Waals surface area contributed by atoms with Gasteiger partial charge in [-0.05, 0) is 57.0 Å². The Bertz CT molecular complexity index is 296. The van der Waals surface area contributed by atoms with Crippen LogP contribution in [0.5, 0.6) is 0 Å². The molecule has 0 spiro atoms. The maximum atomic E-state index is 13.0. The first-order valence-corrected chi connectivity index (χ1v) is 5.66. The van der Waals surface area contributed by atoms with Gasteiger partial charge >= 0.3 is 0 Å². The molecule has 1 unspecified atom stereocenters. The van der Waals surface area contributed by atoms with Gasteiger partial charge in [-0.15, -0.1) is 0 Å². The first-order valence-electron chi connectivity index (χ1n) is 5.66. The van der Waals surface area contributed by atoms with Crippen LogP contribution in [0.15, 0.2) is 36.2 Å². The Hall–Kier alpha value is -0.890. The van der Waals surface area contributed by atoms with E-state index >= 15 is 0 Å². The molecule has 1 atom stereocenters. The van der Waals surface area contributed by atoms with E-state index in [9.17, 15) is 4.39 Å². The lowest BCUT2D eigenvalue weighted by molar-refractivity contribution is 0.202. The van der Waals surface area contributed by atoms with Crippen molar-refractivity contribution in [1.29, 1.82) is 0 Å². The van der Waals surface area contributed by atoms with Gasteiger partial charge in [-0.3, -0.25) is 0 Å². The third kappa shape index (κ3) is 2.78. The van der Waals surface area contributed by atoms with Gasteiger partial charge in [0.15, 0.2) is 0 Å². The van der Waals surface area contributed by atoms with Crippen LogP contribution in [0.4, 0.5) is 4.39 Å². The second kappa shape index (κ2) is 4.75. The first-order chi connectivity index (χ1) is 7.25. The van der Waals surface area contributed by atoms with Crippen LogP contribution in [0, 0.1) is 11.8 Å². The van der Waals surface area contributed by atoms with Crippen molar-refractivity contribution in [2.45, 2.75) is 12.8 Å². The summed E-state index contributed by atoms with van der Waals surface area (Å²) in [6.45, 7) is 2.33. The van der Waals surface area contributed by atoms with Gasteiger partial charge in [0.2, 0.25) is 0 Å². The number of nitrogens with zero attached hydrogens (tertiary/aromatic N) is 1. The van der Waals surface area contributed by atoms with Crippen molar-refractivity contribution in [2.24, 2.45) is 11.8 Å². The number of piperidine rings is 1. The molecular formula is C13H18FN. The summed E-state index contributed by atoms with van der Waals surface area (Å²) in [5, 5.41) is 0. The van der Waals surface area contributed by atoms with Gasteiger partial charge in [0.25, 0.3) is 0 Å². The van der Waals surface area contributed by atoms with Crippen LogP contribution < -0.4 is 0 Å². The number of allylic oxidation sites excluding steroid dienone is 6. The quantitative estimate of drug-likeness (QED) is 0.639. The summed E-state index contributed by atoms with van der Waals surface area (Å²) in [4.78, 5) is 2.36. The van der Waals surface area contributed by atoms with Crippen molar-refractivity contribution in [1.82, 2.24) is 4.90 Å². The van der Waals surface area contributed by atoms with Crippen molar-refractivity contribution >= 4 is 0 Å². The highest BCUT2D eigenvalue weighted by atomic mass is 19.1. The van der Waals surface area contributed by atoms with Crippen molar-refractivity contribution in [3.8, 4) is 0 Å². The average Bonchev–Trinajstić information content (AvgIpc) is 2.44. The average molecular weight is 207 g/mol. The van der Waals surface area contributed by atoms with E-state index in [-0.39, 0.29) is 5.83 Å². The van der Waals surface area contributed by atoms with Crippen LogP contribution in [0.3, 0.4) is 0 Å². The van der Waals surface area contributed by atoms with Crippen LogP contribution >= 0.6 is 0 Å². The Morgan fingerprint density at radius 3 is 2.73 bits per heavy atom. The second-order valence-electron chi connectivity index (χ2n) is 4.51. The molecule has 2 heteroatoms. The monoisotopic (exact) mass is 207 g/mol. The first kappa shape index (κ1) is 10.6. The predicted octanol–water partition coefficient (Wildman–Crippen LogP) is 2.92. The van der Waals surface area contributed by atoms with E-state index in [2.05, 4.69) is 18.0 Å². The summed E-state index contributed by atoms with van der Waals surface area (Å²) in [6.07, 6.45) is 11.5. The lowest BCUT2D eigenvalue weighted by Crippen LogP contribution is -2.32. The number of halogens is 1. The largest absolute Gasteiger partial charge is 0.306 e. The molecule has 1 fully saturated rings. The zero-order valence-electron chi connectivity index (χ0n) is 9.20. The van der Waals surface area contributed by atoms with Gasteiger partial charge in [0, 0.05) is 0 Å². The highest BCUT2D eigenvalue weighted by Gasteiger charge is 2.22. The van der Waals surface area contributed by atoms with Crippen molar-refractivity contribution in [3.05, 3.63) is 36.2 Å². The highest BCUT2D eigenvalue weighted by Crippen LogP contribution is 2.28. The number of rotatable bonds is 1. The van der Waals surface area contributed by atoms with Crippen LogP contribution in [-0.4, -0.2) is 25.0 Å². The lowest BCUT2D eigenvalue weighted by Gasteiger charge is -2.31. The summed E-state index contributed by atoms with van der Waals surface area (Å²) in [7, 11) is 2.16. The van der Waals surface area contributed by atoms with Crippen LogP contribution in [0.1, 0.15) is 12.8 Å². The molecule has 0 radical (unpaired) electrons. The van der Waals surface area contributed by atoms with Gasteiger partial charge in [0.1, 0.15) is 5.83 Å². The van der Waals surface area contributed by atoms with E-state index in [0.717, 1.165) is 0 Å². The van der Waals surface area contributed by atoms with Crippen LogP contribution in [0.25, 0.3) is 0 Å². The molecular weight excluding hydrogens is 189 g/mol. The molecule has 0 saturated carbocycles. The van der Waals surface area contributed by atoms with E-state index in [4.69, 9.17) is 0 Å². The van der Waals surface area contributed by atoms with Gasteiger partial charge in [-0.25, -0.2) is 4.39 Å². The maximum absolute atomic E-state index is 13.0. The van der Waals surface area contributed by atoms with Gasteiger partial charge < -0.3 is 4.90 Å². The normalized spacial score (nSPS) is 28.9. The zero-order valence-corrected chi connectivity index (χ0v) is 9.20. The molecule has 0 bridgehead atoms. The molecule has 1 heterocycles. The van der Waals surface area contributed by atoms with Crippen molar-refractivity contribution < 1.29 is 4.39 Å². The molecule has 1 saturated heterocycles. The topological polar surface area (TPSA) is 3.24 Å². The van der Waals surface area contributed by atoms with Gasteiger partial charge in [-0.1, -0.05) is 18.2 Å². The van der Waals surface area contributed by atoms with Gasteiger partial charge in [0.05, 0.1) is 0 Å². The minimum atomic E-state index is -0.137. The standard InChI is InChI=1S/C13H18FN/c1-15-9-7-12(8-10-15)11-3-2-4-13(14)6-5-11/h2-6,11-12H,7-10H2,1H3. The number of hydrogen-bond acceptors (Lipinski definition) is 1. The molecule has 1 aliphatic heterocycles. The van der Waals surface area contributed by atoms with E-state index in [0.29, 0.717) is 11.8 Å². The summed E-state index contributed by atoms with van der Waals surface area (Å²) in [5.74, 6) is 0.970. The van der Waals surface area contributed by atoms with Crippen molar-refractivity contribution in [3.63, 3.8) is 0 Å². The van der Waals surface area contributed by atoms with Crippen molar-refractivity contribution in [2.75, 3.05) is 20.1 Å². The Morgan fingerprint density at radius 2 is 2.00 bits per heavy atom. The number of hydrogen-bond donors (Lipinski definition) is 0. The third-order valence-electron chi connectivity index (χ3n) is 3.37. The number of likely N-dealkylation sites (tertiary alicyclic amines) is 1. The third-order valence-corrected chi connectivity index (χ3v) is 3.37. The highest BCUT2D eigenvalue weighted by molar-refractivity contribution is 5.24. The fraction of sp³-hybridized carbons (Fsp3) is 0.538. The zero-order chi connectivity index (χ0) is 10.7. The minimum Gasteiger partial charge on any atom is -0.306 e. The second-order valence-corrected chi connectivity index (χ2v) is 4.51. The molecule has 0 aromatic heterocycles. The molecule has 15 heavy (non-hydrogen) atoms. The Balaban J connectivity index is 1.97. The molecule has 1 aliphatic carbocycles. The Labute approximate surface area is 91.0 Å². The lowest BCUT2D eigenvalue weighted by atomic mass is 9.84. The minimum absolute atomic E-state index is 0.137. The maximum Gasteiger partial charge on any atom is 0.122 e. The molecule has 2 rings (SSSR count). The fourth-order valence-corrected chi connectivity index (χ4v) is 2.33. The molecule has 82 valence electrons. The summed E-state index contributed by atoms with van der Waals surface area (Å²) in [5.41, 5.74) is 0. The smallest absolute Gasteiger partial charge is 0.122 e. The Kier molecular flexibility index (Phi) is 3.37. The predicted molar refractivity (Wildman–Crippen MR) is 61.2 cm³/mol. The summed E-state index contributed by atoms with van der Waals surface area (Å²) < 4.78 is 13.0. The molecule has 0 aromatic rings. The van der Waals surface area contributed by atoms with E-state index in [1.807, 2.05) is 12.2 Å². The van der Waals surface area contributed by atoms with E-state index in [1.54, 1.807) is 6.08 Å². The van der Waals surface area contributed by atoms with Gasteiger partial charge in [-0.2, -0.15) is 0 Å². The van der Waals surface area contributed by atoms with Crippen LogP contribution in [-0.2, 0) is 0 Å². The van der Waals surface area contributed by atoms with Crippen LogP contribution in [0.2, 0.25) is 0 Å². The molecule has 0 N–H and O–H groups in total. The SMILES string of the molecule is CN1CCC(C2C=CC=C(F)C=C2)CC1. The van der Waals surface area contributed by atoms with E-state index in [1.165, 1.54) is 32.0 Å².